The number of rotatable bonds is 5. The van der Waals surface area contributed by atoms with Gasteiger partial charge in [0, 0.05) is 24.8 Å². The van der Waals surface area contributed by atoms with Gasteiger partial charge in [0.05, 0.1) is 5.56 Å². The number of aromatic nitrogens is 1. The second-order valence-electron chi connectivity index (χ2n) is 6.42. The third-order valence-electron chi connectivity index (χ3n) is 3.31. The first-order chi connectivity index (χ1) is 9.05. The molecule has 0 bridgehead atoms. The van der Waals surface area contributed by atoms with Gasteiger partial charge in [0.1, 0.15) is 0 Å². The Morgan fingerprint density at radius 3 is 2.35 bits per heavy atom. The predicted molar refractivity (Wildman–Crippen MR) is 79.5 cm³/mol. The highest BCUT2D eigenvalue weighted by molar-refractivity contribution is 5.90. The molecule has 5 heteroatoms. The zero-order chi connectivity index (χ0) is 15.7. The summed E-state index contributed by atoms with van der Waals surface area (Å²) >= 11 is 0. The Kier molecular flexibility index (Phi) is 4.76. The molecule has 0 radical (unpaired) electrons. The summed E-state index contributed by atoms with van der Waals surface area (Å²) in [6, 6.07) is 1.40. The molecule has 1 aromatic heterocycles. The minimum Gasteiger partial charge on any atom is -0.478 e. The van der Waals surface area contributed by atoms with E-state index in [1.165, 1.54) is 6.07 Å². The maximum atomic E-state index is 12.2. The van der Waals surface area contributed by atoms with Crippen LogP contribution in [0.3, 0.4) is 0 Å². The second-order valence-corrected chi connectivity index (χ2v) is 6.42. The standard InChI is InChI=1S/C15H24N2O3/c1-10-7-12(18)17(11(2)13(10)14(19)20)9-15(3,4)8-16(5)6/h7H,8-9H2,1-6H3,(H,19,20). The van der Waals surface area contributed by atoms with E-state index in [4.69, 9.17) is 0 Å². The van der Waals surface area contributed by atoms with Crippen LogP contribution in [-0.2, 0) is 6.54 Å². The molecule has 1 heterocycles. The number of hydrogen-bond donors (Lipinski definition) is 1. The van der Waals surface area contributed by atoms with Gasteiger partial charge in [-0.05, 0) is 38.9 Å². The monoisotopic (exact) mass is 280 g/mol. The van der Waals surface area contributed by atoms with Crippen LogP contribution in [0, 0.1) is 19.3 Å². The minimum atomic E-state index is -0.987. The molecule has 0 aromatic carbocycles. The van der Waals surface area contributed by atoms with Crippen LogP contribution in [0.15, 0.2) is 10.9 Å². The third kappa shape index (κ3) is 3.70. The largest absolute Gasteiger partial charge is 0.478 e. The van der Waals surface area contributed by atoms with E-state index < -0.39 is 5.97 Å². The summed E-state index contributed by atoms with van der Waals surface area (Å²) in [5, 5.41) is 9.28. The number of hydrogen-bond acceptors (Lipinski definition) is 3. The van der Waals surface area contributed by atoms with Gasteiger partial charge in [0.2, 0.25) is 0 Å². The van der Waals surface area contributed by atoms with Crippen LogP contribution in [-0.4, -0.2) is 41.2 Å². The third-order valence-corrected chi connectivity index (χ3v) is 3.31. The Hall–Kier alpha value is -1.62. The van der Waals surface area contributed by atoms with Crippen molar-refractivity contribution in [2.45, 2.75) is 34.2 Å². The van der Waals surface area contributed by atoms with Crippen LogP contribution in [0.5, 0.6) is 0 Å². The van der Waals surface area contributed by atoms with Crippen LogP contribution in [0.25, 0.3) is 0 Å². The normalized spacial score (nSPS) is 11.9. The van der Waals surface area contributed by atoms with Crippen molar-refractivity contribution < 1.29 is 9.90 Å². The van der Waals surface area contributed by atoms with Crippen molar-refractivity contribution in [3.63, 3.8) is 0 Å². The molecule has 0 fully saturated rings. The molecule has 0 saturated carbocycles. The van der Waals surface area contributed by atoms with Crippen molar-refractivity contribution in [2.75, 3.05) is 20.6 Å². The van der Waals surface area contributed by atoms with Crippen molar-refractivity contribution in [3.8, 4) is 0 Å². The molecule has 0 amide bonds. The molecule has 0 atom stereocenters. The van der Waals surface area contributed by atoms with Gasteiger partial charge in [0.25, 0.3) is 5.56 Å². The first-order valence-electron chi connectivity index (χ1n) is 6.64. The zero-order valence-corrected chi connectivity index (χ0v) is 13.1. The van der Waals surface area contributed by atoms with Crippen molar-refractivity contribution in [3.05, 3.63) is 33.2 Å². The lowest BCUT2D eigenvalue weighted by Gasteiger charge is -2.30. The molecule has 112 valence electrons. The molecule has 5 nitrogen and oxygen atoms in total. The highest BCUT2D eigenvalue weighted by atomic mass is 16.4. The number of aryl methyl sites for hydroxylation is 1. The lowest BCUT2D eigenvalue weighted by molar-refractivity contribution is 0.0693. The van der Waals surface area contributed by atoms with Gasteiger partial charge in [-0.15, -0.1) is 0 Å². The molecule has 20 heavy (non-hydrogen) atoms. The van der Waals surface area contributed by atoms with E-state index in [1.54, 1.807) is 18.4 Å². The zero-order valence-electron chi connectivity index (χ0n) is 13.1. The van der Waals surface area contributed by atoms with Crippen LogP contribution >= 0.6 is 0 Å². The summed E-state index contributed by atoms with van der Waals surface area (Å²) in [5.74, 6) is -0.987. The Labute approximate surface area is 119 Å². The number of aromatic carboxylic acids is 1. The van der Waals surface area contributed by atoms with E-state index in [9.17, 15) is 14.7 Å². The number of carboxylic acids is 1. The summed E-state index contributed by atoms with van der Waals surface area (Å²) in [6.45, 7) is 8.81. The summed E-state index contributed by atoms with van der Waals surface area (Å²) in [4.78, 5) is 25.5. The summed E-state index contributed by atoms with van der Waals surface area (Å²) in [5.41, 5.74) is 1.00. The molecule has 0 unspecified atom stereocenters. The van der Waals surface area contributed by atoms with Gasteiger partial charge in [0.15, 0.2) is 0 Å². The van der Waals surface area contributed by atoms with E-state index in [-0.39, 0.29) is 16.5 Å². The van der Waals surface area contributed by atoms with E-state index >= 15 is 0 Å². The molecule has 0 aliphatic rings. The molecule has 0 saturated heterocycles. The van der Waals surface area contributed by atoms with Gasteiger partial charge < -0.3 is 14.6 Å². The summed E-state index contributed by atoms with van der Waals surface area (Å²) < 4.78 is 1.57. The summed E-state index contributed by atoms with van der Waals surface area (Å²) in [7, 11) is 3.96. The molecule has 1 rings (SSSR count). The predicted octanol–water partition coefficient (Wildman–Crippen LogP) is 1.75. The van der Waals surface area contributed by atoms with Crippen LogP contribution in [0.1, 0.15) is 35.5 Å². The first-order valence-corrected chi connectivity index (χ1v) is 6.64. The van der Waals surface area contributed by atoms with Gasteiger partial charge in [-0.2, -0.15) is 0 Å². The topological polar surface area (TPSA) is 62.5 Å². The average molecular weight is 280 g/mol. The van der Waals surface area contributed by atoms with Crippen molar-refractivity contribution in [1.29, 1.82) is 0 Å². The molecule has 1 aromatic rings. The SMILES string of the molecule is Cc1cc(=O)n(CC(C)(C)CN(C)C)c(C)c1C(=O)O. The highest BCUT2D eigenvalue weighted by Gasteiger charge is 2.23. The quantitative estimate of drug-likeness (QED) is 0.892. The molecule has 0 aliphatic heterocycles. The van der Waals surface area contributed by atoms with Gasteiger partial charge in [-0.1, -0.05) is 13.8 Å². The second kappa shape index (κ2) is 5.79. The van der Waals surface area contributed by atoms with Crippen molar-refractivity contribution in [1.82, 2.24) is 9.47 Å². The van der Waals surface area contributed by atoms with E-state index in [1.807, 2.05) is 14.1 Å². The smallest absolute Gasteiger partial charge is 0.337 e. The Morgan fingerprint density at radius 1 is 1.35 bits per heavy atom. The highest BCUT2D eigenvalue weighted by Crippen LogP contribution is 2.20. The maximum absolute atomic E-state index is 12.2. The van der Waals surface area contributed by atoms with Crippen LogP contribution in [0.2, 0.25) is 0 Å². The number of carboxylic acid groups (broad SMARTS) is 1. The molecule has 0 aliphatic carbocycles. The van der Waals surface area contributed by atoms with Gasteiger partial charge >= 0.3 is 5.97 Å². The number of nitrogens with zero attached hydrogens (tertiary/aromatic N) is 2. The van der Waals surface area contributed by atoms with E-state index in [0.717, 1.165) is 6.54 Å². The van der Waals surface area contributed by atoms with E-state index in [0.29, 0.717) is 17.8 Å². The number of pyridine rings is 1. The van der Waals surface area contributed by atoms with Gasteiger partial charge in [-0.3, -0.25) is 4.79 Å². The average Bonchev–Trinajstić information content (AvgIpc) is 2.21. The minimum absolute atomic E-state index is 0.122. The van der Waals surface area contributed by atoms with Crippen LogP contribution in [0.4, 0.5) is 0 Å². The Morgan fingerprint density at radius 2 is 1.90 bits per heavy atom. The summed E-state index contributed by atoms with van der Waals surface area (Å²) in [6.07, 6.45) is 0. The van der Waals surface area contributed by atoms with Crippen LogP contribution < -0.4 is 5.56 Å². The number of carbonyl (C=O) groups is 1. The van der Waals surface area contributed by atoms with E-state index in [2.05, 4.69) is 18.7 Å². The fourth-order valence-corrected chi connectivity index (χ4v) is 2.77. The molecular formula is C15H24N2O3. The van der Waals surface area contributed by atoms with Crippen molar-refractivity contribution in [2.24, 2.45) is 5.41 Å². The maximum Gasteiger partial charge on any atom is 0.337 e. The Balaban J connectivity index is 3.29. The Bertz CT molecular complexity index is 571. The molecule has 1 N–H and O–H groups in total. The lowest BCUT2D eigenvalue weighted by Crippen LogP contribution is -2.37. The lowest BCUT2D eigenvalue weighted by atomic mass is 9.92. The van der Waals surface area contributed by atoms with Gasteiger partial charge in [-0.25, -0.2) is 4.79 Å². The fourth-order valence-electron chi connectivity index (χ4n) is 2.77. The fraction of sp³-hybridized carbons (Fsp3) is 0.600. The van der Waals surface area contributed by atoms with Crippen molar-refractivity contribution >= 4 is 5.97 Å². The molecule has 0 spiro atoms. The first kappa shape index (κ1) is 16.4. The molecular weight excluding hydrogens is 256 g/mol.